The number of alkyl halides is 3. The Morgan fingerprint density at radius 1 is 1.31 bits per heavy atom. The SMILES string of the molecule is C[C@@H](NC(=O)c1coc(-c2cnn(C)c2)n1)c1ccc(C(F)(F)F)nc1. The standard InChI is InChI=1S/C16H14F3N5O2/c1-9(10-3-4-13(20-5-10)16(17,18)19)22-14(25)12-8-26-15(23-12)11-6-21-24(2)7-11/h3-9H,1-2H3,(H,22,25)/t9-/m1/s1. The molecule has 1 N–H and O–H groups in total. The van der Waals surface area contributed by atoms with Crippen molar-refractivity contribution in [3.05, 3.63) is 53.9 Å². The molecule has 10 heteroatoms. The van der Waals surface area contributed by atoms with E-state index in [1.807, 2.05) is 0 Å². The van der Waals surface area contributed by atoms with Gasteiger partial charge in [-0.2, -0.15) is 18.3 Å². The number of rotatable bonds is 4. The van der Waals surface area contributed by atoms with E-state index in [1.54, 1.807) is 31.0 Å². The average Bonchev–Trinajstić information content (AvgIpc) is 3.23. The number of hydrogen-bond donors (Lipinski definition) is 1. The first kappa shape index (κ1) is 17.6. The largest absolute Gasteiger partial charge is 0.444 e. The molecular weight excluding hydrogens is 351 g/mol. The molecule has 0 radical (unpaired) electrons. The lowest BCUT2D eigenvalue weighted by molar-refractivity contribution is -0.141. The van der Waals surface area contributed by atoms with Crippen LogP contribution in [0.5, 0.6) is 0 Å². The predicted octanol–water partition coefficient (Wildman–Crippen LogP) is 2.98. The van der Waals surface area contributed by atoms with Crippen molar-refractivity contribution in [3.63, 3.8) is 0 Å². The average molecular weight is 365 g/mol. The summed E-state index contributed by atoms with van der Waals surface area (Å²) in [5.41, 5.74) is 0.113. The van der Waals surface area contributed by atoms with Crippen LogP contribution in [0.3, 0.4) is 0 Å². The van der Waals surface area contributed by atoms with Crippen LogP contribution in [0, 0.1) is 0 Å². The minimum atomic E-state index is -4.51. The van der Waals surface area contributed by atoms with Crippen LogP contribution >= 0.6 is 0 Å². The summed E-state index contributed by atoms with van der Waals surface area (Å²) >= 11 is 0. The number of nitrogens with zero attached hydrogens (tertiary/aromatic N) is 4. The second kappa shape index (κ2) is 6.62. The molecule has 3 heterocycles. The lowest BCUT2D eigenvalue weighted by atomic mass is 10.1. The first-order valence-electron chi connectivity index (χ1n) is 7.52. The zero-order valence-electron chi connectivity index (χ0n) is 13.8. The Kier molecular flexibility index (Phi) is 4.49. The molecule has 3 aromatic rings. The van der Waals surface area contributed by atoms with Gasteiger partial charge in [0.1, 0.15) is 12.0 Å². The smallest absolute Gasteiger partial charge is 0.433 e. The normalized spacial score (nSPS) is 12.8. The third-order valence-electron chi connectivity index (χ3n) is 3.61. The number of amides is 1. The quantitative estimate of drug-likeness (QED) is 0.768. The van der Waals surface area contributed by atoms with Gasteiger partial charge in [-0.3, -0.25) is 14.5 Å². The van der Waals surface area contributed by atoms with Gasteiger partial charge in [-0.15, -0.1) is 0 Å². The number of hydrogen-bond acceptors (Lipinski definition) is 5. The van der Waals surface area contributed by atoms with Crippen molar-refractivity contribution >= 4 is 5.91 Å². The second-order valence-corrected chi connectivity index (χ2v) is 5.61. The van der Waals surface area contributed by atoms with Crippen molar-refractivity contribution < 1.29 is 22.4 Å². The molecule has 26 heavy (non-hydrogen) atoms. The molecule has 0 saturated carbocycles. The van der Waals surface area contributed by atoms with E-state index in [-0.39, 0.29) is 11.6 Å². The predicted molar refractivity (Wildman–Crippen MR) is 83.8 cm³/mol. The molecule has 0 aromatic carbocycles. The third kappa shape index (κ3) is 3.73. The van der Waals surface area contributed by atoms with Crippen LogP contribution in [0.15, 0.2) is 41.4 Å². The van der Waals surface area contributed by atoms with E-state index in [1.165, 1.54) is 12.3 Å². The highest BCUT2D eigenvalue weighted by Gasteiger charge is 2.32. The highest BCUT2D eigenvalue weighted by Crippen LogP contribution is 2.28. The summed E-state index contributed by atoms with van der Waals surface area (Å²) in [6.45, 7) is 1.63. The Hall–Kier alpha value is -3.17. The number of carbonyl (C=O) groups excluding carboxylic acids is 1. The highest BCUT2D eigenvalue weighted by molar-refractivity contribution is 5.92. The summed E-state index contributed by atoms with van der Waals surface area (Å²) in [6, 6.07) is 1.58. The molecule has 0 bridgehead atoms. The third-order valence-corrected chi connectivity index (χ3v) is 3.61. The molecule has 1 amide bonds. The first-order chi connectivity index (χ1) is 12.2. The van der Waals surface area contributed by atoms with E-state index in [0.717, 1.165) is 12.3 Å². The number of pyridine rings is 1. The summed E-state index contributed by atoms with van der Waals surface area (Å²) in [6.07, 6.45) is 1.01. The summed E-state index contributed by atoms with van der Waals surface area (Å²) in [5, 5.41) is 6.63. The fourth-order valence-electron chi connectivity index (χ4n) is 2.23. The number of aryl methyl sites for hydroxylation is 1. The Morgan fingerprint density at radius 2 is 2.08 bits per heavy atom. The number of carbonyl (C=O) groups is 1. The second-order valence-electron chi connectivity index (χ2n) is 5.61. The fourth-order valence-corrected chi connectivity index (χ4v) is 2.23. The van der Waals surface area contributed by atoms with E-state index in [4.69, 9.17) is 4.42 Å². The zero-order valence-corrected chi connectivity index (χ0v) is 13.8. The molecule has 7 nitrogen and oxygen atoms in total. The van der Waals surface area contributed by atoms with E-state index in [9.17, 15) is 18.0 Å². The molecule has 0 aliphatic heterocycles. The number of oxazole rings is 1. The summed E-state index contributed by atoms with van der Waals surface area (Å²) in [5.74, 6) is -0.275. The molecule has 0 spiro atoms. The van der Waals surface area contributed by atoms with E-state index < -0.39 is 23.8 Å². The van der Waals surface area contributed by atoms with Crippen molar-refractivity contribution in [2.24, 2.45) is 7.05 Å². The molecule has 0 fully saturated rings. The van der Waals surface area contributed by atoms with Crippen LogP contribution in [0.1, 0.15) is 34.7 Å². The molecular formula is C16H14F3N5O2. The van der Waals surface area contributed by atoms with Gasteiger partial charge in [0.05, 0.1) is 17.8 Å². The molecule has 0 saturated heterocycles. The van der Waals surface area contributed by atoms with Crippen LogP contribution in [0.25, 0.3) is 11.5 Å². The topological polar surface area (TPSA) is 85.8 Å². The minimum Gasteiger partial charge on any atom is -0.444 e. The van der Waals surface area contributed by atoms with Crippen LogP contribution in [0.2, 0.25) is 0 Å². The zero-order chi connectivity index (χ0) is 18.9. The van der Waals surface area contributed by atoms with Crippen molar-refractivity contribution in [1.82, 2.24) is 25.1 Å². The van der Waals surface area contributed by atoms with E-state index in [2.05, 4.69) is 20.4 Å². The molecule has 136 valence electrons. The van der Waals surface area contributed by atoms with E-state index >= 15 is 0 Å². The van der Waals surface area contributed by atoms with Gasteiger partial charge in [0.25, 0.3) is 5.91 Å². The van der Waals surface area contributed by atoms with Gasteiger partial charge in [0.15, 0.2) is 5.69 Å². The van der Waals surface area contributed by atoms with Crippen LogP contribution in [0.4, 0.5) is 13.2 Å². The summed E-state index contributed by atoms with van der Waals surface area (Å²) < 4.78 is 44.4. The van der Waals surface area contributed by atoms with Gasteiger partial charge in [-0.25, -0.2) is 4.98 Å². The van der Waals surface area contributed by atoms with Crippen LogP contribution in [-0.4, -0.2) is 25.7 Å². The molecule has 1 atom stereocenters. The van der Waals surface area contributed by atoms with Crippen molar-refractivity contribution in [1.29, 1.82) is 0 Å². The van der Waals surface area contributed by atoms with Gasteiger partial charge in [-0.1, -0.05) is 6.07 Å². The van der Waals surface area contributed by atoms with Gasteiger partial charge in [0, 0.05) is 19.4 Å². The minimum absolute atomic E-state index is 0.0515. The Balaban J connectivity index is 1.69. The van der Waals surface area contributed by atoms with Gasteiger partial charge >= 0.3 is 6.18 Å². The molecule has 3 rings (SSSR count). The Morgan fingerprint density at radius 3 is 2.65 bits per heavy atom. The molecule has 0 aliphatic rings. The highest BCUT2D eigenvalue weighted by atomic mass is 19.4. The Bertz CT molecular complexity index is 915. The van der Waals surface area contributed by atoms with Crippen molar-refractivity contribution in [3.8, 4) is 11.5 Å². The number of aromatic nitrogens is 4. The van der Waals surface area contributed by atoms with Crippen LogP contribution < -0.4 is 5.32 Å². The maximum absolute atomic E-state index is 12.5. The first-order valence-corrected chi connectivity index (χ1v) is 7.52. The number of nitrogens with one attached hydrogen (secondary N) is 1. The lowest BCUT2D eigenvalue weighted by Crippen LogP contribution is -2.27. The van der Waals surface area contributed by atoms with E-state index in [0.29, 0.717) is 11.1 Å². The molecule has 3 aromatic heterocycles. The van der Waals surface area contributed by atoms with Gasteiger partial charge in [-0.05, 0) is 18.6 Å². The van der Waals surface area contributed by atoms with Crippen molar-refractivity contribution in [2.75, 3.05) is 0 Å². The van der Waals surface area contributed by atoms with Gasteiger partial charge < -0.3 is 9.73 Å². The number of halogens is 3. The maximum atomic E-state index is 12.5. The molecule has 0 aliphatic carbocycles. The van der Waals surface area contributed by atoms with Crippen molar-refractivity contribution in [2.45, 2.75) is 19.1 Å². The summed E-state index contributed by atoms with van der Waals surface area (Å²) in [4.78, 5) is 19.7. The van der Waals surface area contributed by atoms with Gasteiger partial charge in [0.2, 0.25) is 5.89 Å². The van der Waals surface area contributed by atoms with Crippen LogP contribution in [-0.2, 0) is 13.2 Å². The Labute approximate surface area is 145 Å². The maximum Gasteiger partial charge on any atom is 0.433 e. The lowest BCUT2D eigenvalue weighted by Gasteiger charge is -2.14. The summed E-state index contributed by atoms with van der Waals surface area (Å²) in [7, 11) is 1.74. The molecule has 0 unspecified atom stereocenters. The fraction of sp³-hybridized carbons (Fsp3) is 0.250. The monoisotopic (exact) mass is 365 g/mol.